The summed E-state index contributed by atoms with van der Waals surface area (Å²) in [4.78, 5) is 9.68. The van der Waals surface area contributed by atoms with Crippen molar-refractivity contribution in [2.24, 2.45) is 9.98 Å². The van der Waals surface area contributed by atoms with Crippen molar-refractivity contribution in [2.45, 2.75) is 48.3 Å². The second-order valence-electron chi connectivity index (χ2n) is 7.63. The van der Waals surface area contributed by atoms with Crippen molar-refractivity contribution in [2.75, 3.05) is 6.61 Å². The van der Waals surface area contributed by atoms with Crippen molar-refractivity contribution in [1.29, 1.82) is 0 Å². The van der Waals surface area contributed by atoms with Crippen LogP contribution < -0.4 is 0 Å². The number of hydrogen-bond donors (Lipinski definition) is 0. The van der Waals surface area contributed by atoms with E-state index in [-0.39, 0.29) is 18.2 Å². The maximum Gasteiger partial charge on any atom is 0.217 e. The molecule has 0 saturated carbocycles. The average molecular weight is 486 g/mol. The van der Waals surface area contributed by atoms with E-state index in [1.54, 1.807) is 0 Å². The lowest BCUT2D eigenvalue weighted by molar-refractivity contribution is 0.206. The molecule has 2 aromatic rings. The Balaban J connectivity index is 1.32. The molecule has 0 fully saturated rings. The molecule has 28 heavy (non-hydrogen) atoms. The van der Waals surface area contributed by atoms with Crippen LogP contribution in [0.1, 0.15) is 48.1 Å². The Morgan fingerprint density at radius 3 is 2.57 bits per heavy atom. The van der Waals surface area contributed by atoms with Crippen LogP contribution in [0.2, 0.25) is 0 Å². The molecule has 2 heterocycles. The minimum Gasteiger partial charge on any atom is -0.475 e. The molecule has 1 aliphatic carbocycles. The first kappa shape index (κ1) is 18.2. The van der Waals surface area contributed by atoms with Crippen LogP contribution in [0.3, 0.4) is 0 Å². The van der Waals surface area contributed by atoms with E-state index in [1.165, 1.54) is 24.0 Å². The normalized spacial score (nSPS) is 26.0. The zero-order chi connectivity index (χ0) is 19.1. The van der Waals surface area contributed by atoms with Gasteiger partial charge in [0, 0.05) is 21.5 Å². The highest BCUT2D eigenvalue weighted by atomic mass is 127. The largest absolute Gasteiger partial charge is 0.475 e. The Morgan fingerprint density at radius 1 is 1.04 bits per heavy atom. The molecule has 144 valence electrons. The SMILES string of the molecule is CCCC(I)[C@H]1COC(c2ccc(C3=NC4c5ccccc5C[C@H]4O3)cc2)=N1. The number of fused-ring (bicyclic) bond motifs is 3. The van der Waals surface area contributed by atoms with Crippen LogP contribution in [0.15, 0.2) is 58.5 Å². The van der Waals surface area contributed by atoms with E-state index in [2.05, 4.69) is 78.0 Å². The molecular weight excluding hydrogens is 463 g/mol. The Hall–Kier alpha value is -1.89. The van der Waals surface area contributed by atoms with Gasteiger partial charge in [-0.15, -0.1) is 0 Å². The Bertz CT molecular complexity index is 938. The van der Waals surface area contributed by atoms with Crippen molar-refractivity contribution in [3.8, 4) is 0 Å². The van der Waals surface area contributed by atoms with Gasteiger partial charge < -0.3 is 9.47 Å². The summed E-state index contributed by atoms with van der Waals surface area (Å²) in [6, 6.07) is 17.2. The molecule has 0 bridgehead atoms. The molecule has 5 heteroatoms. The third-order valence-corrected chi connectivity index (χ3v) is 7.15. The van der Waals surface area contributed by atoms with Crippen LogP contribution in [0.25, 0.3) is 0 Å². The minimum absolute atomic E-state index is 0.133. The third kappa shape index (κ3) is 3.23. The summed E-state index contributed by atoms with van der Waals surface area (Å²) in [5.74, 6) is 1.51. The molecule has 0 radical (unpaired) electrons. The predicted octanol–water partition coefficient (Wildman–Crippen LogP) is 4.88. The first-order valence-electron chi connectivity index (χ1n) is 10.0. The highest BCUT2D eigenvalue weighted by Crippen LogP contribution is 2.40. The highest BCUT2D eigenvalue weighted by molar-refractivity contribution is 14.1. The Morgan fingerprint density at radius 2 is 1.79 bits per heavy atom. The van der Waals surface area contributed by atoms with E-state index in [4.69, 9.17) is 19.5 Å². The molecule has 2 aromatic carbocycles. The van der Waals surface area contributed by atoms with E-state index in [0.29, 0.717) is 10.5 Å². The molecular formula is C23H23IN2O2. The molecule has 2 unspecified atom stereocenters. The van der Waals surface area contributed by atoms with Crippen molar-refractivity contribution in [3.63, 3.8) is 0 Å². The molecule has 0 saturated heterocycles. The predicted molar refractivity (Wildman–Crippen MR) is 120 cm³/mol. The smallest absolute Gasteiger partial charge is 0.217 e. The molecule has 2 aliphatic heterocycles. The van der Waals surface area contributed by atoms with E-state index in [1.807, 2.05) is 0 Å². The van der Waals surface area contributed by atoms with Crippen LogP contribution in [-0.4, -0.2) is 34.5 Å². The average Bonchev–Trinajstić information content (AvgIpc) is 3.43. The molecule has 0 spiro atoms. The first-order valence-corrected chi connectivity index (χ1v) is 11.2. The molecule has 0 aromatic heterocycles. The first-order chi connectivity index (χ1) is 13.7. The number of alkyl halides is 1. The number of nitrogens with zero attached hydrogens (tertiary/aromatic N) is 2. The summed E-state index contributed by atoms with van der Waals surface area (Å²) < 4.78 is 12.6. The van der Waals surface area contributed by atoms with Crippen LogP contribution in [0, 0.1) is 0 Å². The summed E-state index contributed by atoms with van der Waals surface area (Å²) in [6.45, 7) is 2.90. The zero-order valence-electron chi connectivity index (χ0n) is 15.8. The van der Waals surface area contributed by atoms with Crippen LogP contribution in [0.4, 0.5) is 0 Å². The molecule has 0 N–H and O–H groups in total. The number of aliphatic imine (C=N–C) groups is 2. The van der Waals surface area contributed by atoms with Gasteiger partial charge in [-0.2, -0.15) is 0 Å². The number of halogens is 1. The van der Waals surface area contributed by atoms with Gasteiger partial charge in [0.25, 0.3) is 0 Å². The topological polar surface area (TPSA) is 43.2 Å². The van der Waals surface area contributed by atoms with Gasteiger partial charge in [-0.1, -0.05) is 60.2 Å². The van der Waals surface area contributed by atoms with Crippen molar-refractivity contribution >= 4 is 34.4 Å². The third-order valence-electron chi connectivity index (χ3n) is 5.70. The summed E-state index contributed by atoms with van der Waals surface area (Å²) in [7, 11) is 0. The quantitative estimate of drug-likeness (QED) is 0.447. The molecule has 0 amide bonds. The monoisotopic (exact) mass is 486 g/mol. The zero-order valence-corrected chi connectivity index (χ0v) is 18.0. The molecule has 4 nitrogen and oxygen atoms in total. The van der Waals surface area contributed by atoms with Crippen LogP contribution in [0.5, 0.6) is 0 Å². The summed E-state index contributed by atoms with van der Waals surface area (Å²) in [5, 5.41) is 0. The lowest BCUT2D eigenvalue weighted by Gasteiger charge is -2.11. The number of hydrogen-bond acceptors (Lipinski definition) is 4. The number of ether oxygens (including phenoxy) is 2. The Kier molecular flexibility index (Phi) is 4.87. The second kappa shape index (κ2) is 7.50. The molecule has 5 rings (SSSR count). The van der Waals surface area contributed by atoms with Gasteiger partial charge in [-0.05, 0) is 41.8 Å². The fourth-order valence-corrected chi connectivity index (χ4v) is 5.19. The Labute approximate surface area is 179 Å². The van der Waals surface area contributed by atoms with Gasteiger partial charge in [-0.25, -0.2) is 9.98 Å². The van der Waals surface area contributed by atoms with Gasteiger partial charge in [-0.3, -0.25) is 0 Å². The maximum absolute atomic E-state index is 6.18. The van der Waals surface area contributed by atoms with Gasteiger partial charge in [0.2, 0.25) is 11.8 Å². The fraction of sp³-hybridized carbons (Fsp3) is 0.391. The number of rotatable bonds is 5. The summed E-state index contributed by atoms with van der Waals surface area (Å²) in [5.41, 5.74) is 4.71. The highest BCUT2D eigenvalue weighted by Gasteiger charge is 2.39. The number of benzene rings is 2. The van der Waals surface area contributed by atoms with Gasteiger partial charge in [0.15, 0.2) is 0 Å². The van der Waals surface area contributed by atoms with Gasteiger partial charge >= 0.3 is 0 Å². The lowest BCUT2D eigenvalue weighted by Crippen LogP contribution is -2.19. The maximum atomic E-state index is 6.18. The van der Waals surface area contributed by atoms with E-state index in [0.717, 1.165) is 29.3 Å². The van der Waals surface area contributed by atoms with E-state index in [9.17, 15) is 0 Å². The molecule has 3 aliphatic rings. The van der Waals surface area contributed by atoms with Crippen molar-refractivity contribution in [3.05, 3.63) is 70.8 Å². The van der Waals surface area contributed by atoms with Crippen molar-refractivity contribution < 1.29 is 9.47 Å². The van der Waals surface area contributed by atoms with Crippen LogP contribution in [-0.2, 0) is 15.9 Å². The van der Waals surface area contributed by atoms with Gasteiger partial charge in [0.1, 0.15) is 18.8 Å². The molecule has 4 atom stereocenters. The summed E-state index contributed by atoms with van der Waals surface area (Å²) in [6.07, 6.45) is 3.42. The second-order valence-corrected chi connectivity index (χ2v) is 9.23. The minimum atomic E-state index is 0.133. The fourth-order valence-electron chi connectivity index (χ4n) is 4.19. The standard InChI is InChI=1S/C23H23IN2O2/c1-2-5-18(24)19-13-27-22(25-19)14-8-10-15(11-9-14)23-26-21-17-7-4-3-6-16(17)12-20(21)28-23/h3-4,6-11,18-21H,2,5,12-13H2,1H3/t18?,19-,20-,21?/m1/s1. The van der Waals surface area contributed by atoms with E-state index >= 15 is 0 Å². The van der Waals surface area contributed by atoms with Gasteiger partial charge in [0.05, 0.1) is 6.04 Å². The van der Waals surface area contributed by atoms with E-state index < -0.39 is 0 Å². The van der Waals surface area contributed by atoms with Crippen LogP contribution >= 0.6 is 22.6 Å². The summed E-state index contributed by atoms with van der Waals surface area (Å²) >= 11 is 2.50. The lowest BCUT2D eigenvalue weighted by atomic mass is 10.1. The van der Waals surface area contributed by atoms with Crippen molar-refractivity contribution in [1.82, 2.24) is 0 Å².